The van der Waals surface area contributed by atoms with Crippen LogP contribution in [0.2, 0.25) is 34.1 Å². The standard InChI is InChI=1S/2C6H16O2SSi.2C4H9.Sn/c2*1-7-10(3,8-2)6-4-5-9;2*1-3-4-2;/h2*9H,4-6H2,1-3H3;2*1,3-4H2,2H3;/q;;;;+2/p-2. The van der Waals surface area contributed by atoms with Crippen molar-refractivity contribution >= 4 is 50.6 Å². The van der Waals surface area contributed by atoms with Crippen molar-refractivity contribution in [1.29, 1.82) is 0 Å². The van der Waals surface area contributed by atoms with E-state index < -0.39 is 32.7 Å². The zero-order valence-corrected chi connectivity index (χ0v) is 26.9. The summed E-state index contributed by atoms with van der Waals surface area (Å²) >= 11 is -2.25. The number of hydrogen-bond acceptors (Lipinski definition) is 6. The van der Waals surface area contributed by atoms with Gasteiger partial charge in [0.2, 0.25) is 0 Å². The van der Waals surface area contributed by atoms with Gasteiger partial charge in [-0.1, -0.05) is 0 Å². The van der Waals surface area contributed by atoms with Crippen LogP contribution in [0.25, 0.3) is 0 Å². The third kappa shape index (κ3) is 13.2. The van der Waals surface area contributed by atoms with E-state index in [0.717, 1.165) is 12.1 Å². The molecule has 0 unspecified atom stereocenters. The molecule has 0 aromatic rings. The number of unbranched alkanes of at least 4 members (excludes halogenated alkanes) is 2. The van der Waals surface area contributed by atoms with Gasteiger partial charge in [-0.3, -0.25) is 0 Å². The minimum atomic E-state index is -2.25. The summed E-state index contributed by atoms with van der Waals surface area (Å²) in [5, 5.41) is 0. The van der Waals surface area contributed by atoms with Crippen LogP contribution < -0.4 is 0 Å². The first-order valence-corrected chi connectivity index (χ1v) is 29.3. The van der Waals surface area contributed by atoms with Crippen LogP contribution in [0, 0.1) is 0 Å². The molecule has 9 heteroatoms. The Morgan fingerprint density at radius 3 is 1.24 bits per heavy atom. The van der Waals surface area contributed by atoms with E-state index in [0.29, 0.717) is 0 Å². The summed E-state index contributed by atoms with van der Waals surface area (Å²) < 4.78 is 25.8. The Morgan fingerprint density at radius 2 is 0.966 bits per heavy atom. The van der Waals surface area contributed by atoms with E-state index in [-0.39, 0.29) is 0 Å². The second-order valence-corrected chi connectivity index (χ2v) is 41.9. The first kappa shape index (κ1) is 30.8. The third-order valence-electron chi connectivity index (χ3n) is 5.83. The minimum absolute atomic E-state index is 1.10. The monoisotopic (exact) mass is 592 g/mol. The van der Waals surface area contributed by atoms with Crippen LogP contribution in [0.15, 0.2) is 0 Å². The zero-order chi connectivity index (χ0) is 22.2. The molecule has 0 radical (unpaired) electrons. The van der Waals surface area contributed by atoms with Crippen molar-refractivity contribution in [3.8, 4) is 0 Å². The summed E-state index contributed by atoms with van der Waals surface area (Å²) in [6.07, 6.45) is 7.91. The summed E-state index contributed by atoms with van der Waals surface area (Å²) in [6, 6.07) is 2.21. The summed E-state index contributed by atoms with van der Waals surface area (Å²) in [5.74, 6) is 2.57. The average molecular weight is 592 g/mol. The van der Waals surface area contributed by atoms with Crippen LogP contribution in [-0.2, 0) is 17.7 Å². The predicted molar refractivity (Wildman–Crippen MR) is 140 cm³/mol. The van der Waals surface area contributed by atoms with Gasteiger partial charge in [0.1, 0.15) is 0 Å². The average Bonchev–Trinajstić information content (AvgIpc) is 2.76. The van der Waals surface area contributed by atoms with Crippen molar-refractivity contribution in [2.45, 2.75) is 86.4 Å². The van der Waals surface area contributed by atoms with Crippen molar-refractivity contribution in [2.24, 2.45) is 0 Å². The molecule has 0 heterocycles. The molecule has 0 bridgehead atoms. The fraction of sp³-hybridized carbons (Fsp3) is 1.00. The van der Waals surface area contributed by atoms with Crippen LogP contribution in [0.4, 0.5) is 0 Å². The molecule has 176 valence electrons. The Bertz CT molecular complexity index is 365. The van der Waals surface area contributed by atoms with E-state index >= 15 is 0 Å². The third-order valence-corrected chi connectivity index (χ3v) is 42.9. The van der Waals surface area contributed by atoms with Gasteiger partial charge in [0.15, 0.2) is 0 Å². The Morgan fingerprint density at radius 1 is 0.621 bits per heavy atom. The van der Waals surface area contributed by atoms with Crippen LogP contribution in [0.1, 0.15) is 52.4 Å². The SMILES string of the molecule is CCC[CH2][Sn]([CH2]CCC)([S]CCC[Si](C)(OC)OC)[S]CCC[Si](C)(OC)OC. The quantitative estimate of drug-likeness (QED) is 0.112. The molecule has 0 amide bonds. The molecule has 0 aliphatic carbocycles. The van der Waals surface area contributed by atoms with E-state index in [1.54, 1.807) is 0 Å². The molecule has 0 aliphatic rings. The summed E-state index contributed by atoms with van der Waals surface area (Å²) in [4.78, 5) is 0. The maximum atomic E-state index is 5.68. The molecule has 0 rings (SSSR count). The molecule has 0 aromatic carbocycles. The number of hydrogen-bond donors (Lipinski definition) is 0. The number of rotatable bonds is 20. The van der Waals surface area contributed by atoms with E-state index in [1.807, 2.05) is 28.4 Å². The molecule has 29 heavy (non-hydrogen) atoms. The van der Waals surface area contributed by atoms with Gasteiger partial charge in [-0.05, 0) is 0 Å². The van der Waals surface area contributed by atoms with Crippen molar-refractivity contribution in [2.75, 3.05) is 39.9 Å². The van der Waals surface area contributed by atoms with Gasteiger partial charge < -0.3 is 0 Å². The van der Waals surface area contributed by atoms with Crippen LogP contribution >= 0.6 is 17.9 Å². The summed E-state index contributed by atoms with van der Waals surface area (Å²) in [5.41, 5.74) is 0. The first-order chi connectivity index (χ1) is 13.8. The molecule has 0 N–H and O–H groups in total. The molecule has 0 atom stereocenters. The Balaban J connectivity index is 4.84. The van der Waals surface area contributed by atoms with Gasteiger partial charge >= 0.3 is 195 Å². The maximum absolute atomic E-state index is 5.68. The van der Waals surface area contributed by atoms with Crippen molar-refractivity contribution < 1.29 is 17.7 Å². The molecule has 0 aliphatic heterocycles. The molecule has 0 aromatic heterocycles. The van der Waals surface area contributed by atoms with E-state index in [4.69, 9.17) is 17.7 Å². The van der Waals surface area contributed by atoms with Crippen molar-refractivity contribution in [3.05, 3.63) is 0 Å². The second kappa shape index (κ2) is 17.3. The predicted octanol–water partition coefficient (Wildman–Crippen LogP) is 7.01. The van der Waals surface area contributed by atoms with Gasteiger partial charge in [-0.2, -0.15) is 0 Å². The molecule has 0 fully saturated rings. The van der Waals surface area contributed by atoms with Crippen LogP contribution in [0.3, 0.4) is 0 Å². The molecule has 0 spiro atoms. The van der Waals surface area contributed by atoms with Gasteiger partial charge in [0.05, 0.1) is 0 Å². The van der Waals surface area contributed by atoms with E-state index in [2.05, 4.69) is 44.8 Å². The summed E-state index contributed by atoms with van der Waals surface area (Å²) in [6.45, 7) is 9.05. The first-order valence-electron chi connectivity index (χ1n) is 11.3. The van der Waals surface area contributed by atoms with Gasteiger partial charge in [0, 0.05) is 0 Å². The molecule has 0 saturated carbocycles. The van der Waals surface area contributed by atoms with Gasteiger partial charge in [0.25, 0.3) is 0 Å². The fourth-order valence-electron chi connectivity index (χ4n) is 3.23. The van der Waals surface area contributed by atoms with Gasteiger partial charge in [-0.15, -0.1) is 0 Å². The fourth-order valence-corrected chi connectivity index (χ4v) is 37.7. The molecule has 0 saturated heterocycles. The van der Waals surface area contributed by atoms with Crippen molar-refractivity contribution in [1.82, 2.24) is 0 Å². The molecular formula is C20H48O4S2Si2Sn. The van der Waals surface area contributed by atoms with Crippen molar-refractivity contribution in [3.63, 3.8) is 0 Å². The molecule has 4 nitrogen and oxygen atoms in total. The van der Waals surface area contributed by atoms with Crippen LogP contribution in [0.5, 0.6) is 0 Å². The topological polar surface area (TPSA) is 36.9 Å². The van der Waals surface area contributed by atoms with E-state index in [1.165, 1.54) is 58.9 Å². The Hall–Kier alpha value is 1.77. The zero-order valence-electron chi connectivity index (χ0n) is 20.4. The summed E-state index contributed by atoms with van der Waals surface area (Å²) in [7, 11) is 8.21. The normalized spacial score (nSPS) is 13.2. The second-order valence-electron chi connectivity index (χ2n) is 8.11. The van der Waals surface area contributed by atoms with Gasteiger partial charge in [-0.25, -0.2) is 0 Å². The van der Waals surface area contributed by atoms with Crippen LogP contribution in [-0.4, -0.2) is 72.7 Å². The molecular weight excluding hydrogens is 543 g/mol. The Labute approximate surface area is 193 Å². The van der Waals surface area contributed by atoms with E-state index in [9.17, 15) is 0 Å². The Kier molecular flexibility index (Phi) is 18.3.